The molecule has 0 unspecified atom stereocenters. The summed E-state index contributed by atoms with van der Waals surface area (Å²) in [7, 11) is -2.19. The highest BCUT2D eigenvalue weighted by molar-refractivity contribution is 7.89. The second kappa shape index (κ2) is 8.94. The summed E-state index contributed by atoms with van der Waals surface area (Å²) < 4.78 is 33.1. The van der Waals surface area contributed by atoms with Gasteiger partial charge in [-0.3, -0.25) is 4.79 Å². The average Bonchev–Trinajstić information content (AvgIpc) is 3.12. The van der Waals surface area contributed by atoms with Crippen molar-refractivity contribution in [1.82, 2.24) is 4.72 Å². The molecule has 1 atom stereocenters. The Hall–Kier alpha value is -2.87. The maximum Gasteiger partial charge on any atom is 0.258 e. The fourth-order valence-electron chi connectivity index (χ4n) is 3.86. The van der Waals surface area contributed by atoms with Crippen LogP contribution in [0.2, 0.25) is 5.02 Å². The fourth-order valence-corrected chi connectivity index (χ4v) is 5.40. The van der Waals surface area contributed by atoms with Crippen LogP contribution in [0.15, 0.2) is 71.6 Å². The number of carbonyl (C=O) groups is 1. The van der Waals surface area contributed by atoms with Crippen molar-refractivity contribution in [3.8, 4) is 5.75 Å². The van der Waals surface area contributed by atoms with Crippen molar-refractivity contribution in [3.05, 3.63) is 88.4 Å². The minimum absolute atomic E-state index is 0.00494. The van der Waals surface area contributed by atoms with Crippen LogP contribution < -0.4 is 14.4 Å². The Morgan fingerprint density at radius 3 is 2.53 bits per heavy atom. The monoisotopic (exact) mass is 470 g/mol. The maximum absolute atomic E-state index is 13.2. The lowest BCUT2D eigenvalue weighted by Crippen LogP contribution is -2.35. The third-order valence-corrected chi connectivity index (χ3v) is 7.41. The van der Waals surface area contributed by atoms with Crippen LogP contribution in [0.1, 0.15) is 28.4 Å². The van der Waals surface area contributed by atoms with Crippen molar-refractivity contribution in [2.45, 2.75) is 30.8 Å². The van der Waals surface area contributed by atoms with Gasteiger partial charge in [0.15, 0.2) is 0 Å². The quantitative estimate of drug-likeness (QED) is 0.578. The van der Waals surface area contributed by atoms with Gasteiger partial charge in [0.25, 0.3) is 5.91 Å². The molecule has 0 fully saturated rings. The number of amides is 1. The normalized spacial score (nSPS) is 15.5. The zero-order chi connectivity index (χ0) is 22.9. The lowest BCUT2D eigenvalue weighted by molar-refractivity contribution is 0.0981. The molecule has 0 radical (unpaired) electrons. The highest BCUT2D eigenvalue weighted by Gasteiger charge is 2.32. The zero-order valence-electron chi connectivity index (χ0n) is 17.7. The van der Waals surface area contributed by atoms with Gasteiger partial charge in [-0.15, -0.1) is 0 Å². The van der Waals surface area contributed by atoms with Crippen LogP contribution in [0.25, 0.3) is 0 Å². The molecule has 1 amide bonds. The maximum atomic E-state index is 13.2. The summed E-state index contributed by atoms with van der Waals surface area (Å²) in [5, 5.41) is 0.166. The molecule has 1 heterocycles. The number of rotatable bonds is 6. The van der Waals surface area contributed by atoms with Crippen molar-refractivity contribution in [3.63, 3.8) is 0 Å². The zero-order valence-corrected chi connectivity index (χ0v) is 19.3. The van der Waals surface area contributed by atoms with Crippen LogP contribution in [0.4, 0.5) is 5.69 Å². The van der Waals surface area contributed by atoms with E-state index in [-0.39, 0.29) is 28.4 Å². The van der Waals surface area contributed by atoms with E-state index in [1.54, 1.807) is 48.4 Å². The molecule has 0 bridgehead atoms. The lowest BCUT2D eigenvalue weighted by Gasteiger charge is -2.23. The van der Waals surface area contributed by atoms with E-state index in [4.69, 9.17) is 16.3 Å². The molecule has 0 aliphatic carbocycles. The molecule has 6 nitrogen and oxygen atoms in total. The first-order valence-corrected chi connectivity index (χ1v) is 12.0. The molecule has 3 aromatic rings. The summed E-state index contributed by atoms with van der Waals surface area (Å²) in [4.78, 5) is 15.0. The number of ether oxygens (including phenoxy) is 1. The highest BCUT2D eigenvalue weighted by atomic mass is 35.5. The van der Waals surface area contributed by atoms with Gasteiger partial charge in [-0.1, -0.05) is 35.9 Å². The van der Waals surface area contributed by atoms with Gasteiger partial charge in [-0.2, -0.15) is 0 Å². The van der Waals surface area contributed by atoms with Gasteiger partial charge in [-0.05, 0) is 66.9 Å². The molecule has 32 heavy (non-hydrogen) atoms. The number of hydrogen-bond acceptors (Lipinski definition) is 4. The second-order valence-corrected chi connectivity index (χ2v) is 9.82. The molecule has 0 saturated carbocycles. The minimum Gasteiger partial charge on any atom is -0.497 e. The molecule has 8 heteroatoms. The number of halogens is 1. The Labute approximate surface area is 192 Å². The van der Waals surface area contributed by atoms with Gasteiger partial charge in [0, 0.05) is 23.8 Å². The predicted molar refractivity (Wildman–Crippen MR) is 125 cm³/mol. The number of nitrogens with zero attached hydrogens (tertiary/aromatic N) is 1. The smallest absolute Gasteiger partial charge is 0.258 e. The van der Waals surface area contributed by atoms with E-state index in [9.17, 15) is 13.2 Å². The minimum atomic E-state index is -3.77. The van der Waals surface area contributed by atoms with E-state index >= 15 is 0 Å². The van der Waals surface area contributed by atoms with E-state index in [0.29, 0.717) is 11.3 Å². The number of nitrogens with one attached hydrogen (secondary N) is 1. The van der Waals surface area contributed by atoms with Gasteiger partial charge < -0.3 is 9.64 Å². The van der Waals surface area contributed by atoms with E-state index in [1.807, 2.05) is 25.1 Å². The third-order valence-electron chi connectivity index (χ3n) is 5.51. The van der Waals surface area contributed by atoms with Crippen LogP contribution in [0.3, 0.4) is 0 Å². The Morgan fingerprint density at radius 1 is 1.12 bits per heavy atom. The third kappa shape index (κ3) is 4.37. The van der Waals surface area contributed by atoms with Crippen molar-refractivity contribution in [2.24, 2.45) is 0 Å². The topological polar surface area (TPSA) is 75.7 Å². The summed E-state index contributed by atoms with van der Waals surface area (Å²) in [6.45, 7) is 2.08. The molecule has 1 N–H and O–H groups in total. The van der Waals surface area contributed by atoms with E-state index in [1.165, 1.54) is 12.1 Å². The molecule has 0 aromatic heterocycles. The summed E-state index contributed by atoms with van der Waals surface area (Å²) in [5.41, 5.74) is 3.17. The molecule has 1 aliphatic rings. The number of methoxy groups -OCH3 is 1. The number of fused-ring (bicyclic) bond motifs is 1. The first-order chi connectivity index (χ1) is 15.3. The second-order valence-electron chi connectivity index (χ2n) is 7.67. The van der Waals surface area contributed by atoms with Gasteiger partial charge in [0.2, 0.25) is 10.0 Å². The molecule has 3 aromatic carbocycles. The van der Waals surface area contributed by atoms with Crippen LogP contribution >= 0.6 is 11.6 Å². The number of sulfonamides is 1. The molecule has 166 valence electrons. The van der Waals surface area contributed by atoms with Crippen molar-refractivity contribution in [1.29, 1.82) is 0 Å². The Balaban J connectivity index is 1.56. The van der Waals surface area contributed by atoms with Gasteiger partial charge >= 0.3 is 0 Å². The largest absolute Gasteiger partial charge is 0.497 e. The fraction of sp³-hybridized carbons (Fsp3) is 0.208. The Kier molecular flexibility index (Phi) is 6.24. The number of hydrogen-bond donors (Lipinski definition) is 1. The van der Waals surface area contributed by atoms with Crippen LogP contribution in [0.5, 0.6) is 5.75 Å². The van der Waals surface area contributed by atoms with E-state index in [0.717, 1.165) is 23.2 Å². The Bertz CT molecular complexity index is 1260. The molecule has 1 aliphatic heterocycles. The summed E-state index contributed by atoms with van der Waals surface area (Å²) in [6.07, 6.45) is 0.739. The summed E-state index contributed by atoms with van der Waals surface area (Å²) in [6, 6.07) is 19.0. The average molecular weight is 471 g/mol. The standard InChI is InChI=1S/C24H23ClN2O4S/c1-16-13-19-8-7-17(15-26-32(29,30)23-6-4-3-5-21(23)25)14-22(19)27(16)24(28)18-9-11-20(31-2)12-10-18/h3-12,14,16,26H,13,15H2,1-2H3/t16-/m1/s1. The summed E-state index contributed by atoms with van der Waals surface area (Å²) in [5.74, 6) is 0.581. The lowest BCUT2D eigenvalue weighted by atomic mass is 10.1. The SMILES string of the molecule is COc1ccc(C(=O)N2c3cc(CNS(=O)(=O)c4ccccc4Cl)ccc3C[C@H]2C)cc1. The van der Waals surface area contributed by atoms with Gasteiger partial charge in [-0.25, -0.2) is 13.1 Å². The molecular formula is C24H23ClN2O4S. The molecule has 0 spiro atoms. The van der Waals surface area contributed by atoms with Gasteiger partial charge in [0.05, 0.1) is 12.1 Å². The van der Waals surface area contributed by atoms with E-state index in [2.05, 4.69) is 4.72 Å². The molecular weight excluding hydrogens is 448 g/mol. The first kappa shape index (κ1) is 22.3. The Morgan fingerprint density at radius 2 is 1.84 bits per heavy atom. The van der Waals surface area contributed by atoms with Crippen molar-refractivity contribution in [2.75, 3.05) is 12.0 Å². The predicted octanol–water partition coefficient (Wildman–Crippen LogP) is 4.42. The highest BCUT2D eigenvalue weighted by Crippen LogP contribution is 2.34. The number of benzene rings is 3. The first-order valence-electron chi connectivity index (χ1n) is 10.1. The van der Waals surface area contributed by atoms with Crippen molar-refractivity contribution >= 4 is 33.2 Å². The van der Waals surface area contributed by atoms with E-state index < -0.39 is 10.0 Å². The van der Waals surface area contributed by atoms with Crippen LogP contribution in [0, 0.1) is 0 Å². The molecule has 0 saturated heterocycles. The van der Waals surface area contributed by atoms with Gasteiger partial charge in [0.1, 0.15) is 10.6 Å². The number of carbonyl (C=O) groups excluding carboxylic acids is 1. The van der Waals surface area contributed by atoms with Crippen molar-refractivity contribution < 1.29 is 17.9 Å². The van der Waals surface area contributed by atoms with Crippen LogP contribution in [-0.2, 0) is 23.0 Å². The van der Waals surface area contributed by atoms with Crippen LogP contribution in [-0.4, -0.2) is 27.5 Å². The number of anilines is 1. The summed E-state index contributed by atoms with van der Waals surface area (Å²) >= 11 is 6.04. The molecule has 4 rings (SSSR count).